The van der Waals surface area contributed by atoms with Gasteiger partial charge in [0.25, 0.3) is 0 Å². The summed E-state index contributed by atoms with van der Waals surface area (Å²) in [4.78, 5) is 2.47. The third kappa shape index (κ3) is 6.49. The van der Waals surface area contributed by atoms with Crippen molar-refractivity contribution in [1.29, 1.82) is 0 Å². The monoisotopic (exact) mass is 292 g/mol. The fourth-order valence-corrected chi connectivity index (χ4v) is 2.33. The van der Waals surface area contributed by atoms with E-state index in [1.165, 1.54) is 12.0 Å². The van der Waals surface area contributed by atoms with Crippen molar-refractivity contribution >= 4 is 0 Å². The number of rotatable bonds is 10. The number of nitrogens with zero attached hydrogens (tertiary/aromatic N) is 1. The maximum Gasteiger partial charge on any atom is 0.123 e. The minimum Gasteiger partial charge on any atom is -0.492 e. The molecule has 0 radical (unpaired) electrons. The van der Waals surface area contributed by atoms with Crippen molar-refractivity contribution < 1.29 is 4.74 Å². The predicted octanol–water partition coefficient (Wildman–Crippen LogP) is 3.68. The summed E-state index contributed by atoms with van der Waals surface area (Å²) in [5, 5.41) is 3.45. The topological polar surface area (TPSA) is 24.5 Å². The number of para-hydroxylation sites is 1. The predicted molar refractivity (Wildman–Crippen MR) is 90.9 cm³/mol. The standard InChI is InChI=1S/C18H32N2O/c1-6-16(5)20(7-2)12-13-21-18-11-9-8-10-17(18)14-19-15(3)4/h8-11,15-16,19H,6-7,12-14H2,1-5H3. The van der Waals surface area contributed by atoms with Gasteiger partial charge in [0.2, 0.25) is 0 Å². The van der Waals surface area contributed by atoms with Crippen LogP contribution in [0.3, 0.4) is 0 Å². The number of nitrogens with one attached hydrogen (secondary N) is 1. The molecule has 0 saturated carbocycles. The van der Waals surface area contributed by atoms with Crippen LogP contribution in [-0.4, -0.2) is 36.7 Å². The Labute approximate surface area is 130 Å². The van der Waals surface area contributed by atoms with E-state index < -0.39 is 0 Å². The summed E-state index contributed by atoms with van der Waals surface area (Å²) in [5.41, 5.74) is 1.23. The fraction of sp³-hybridized carbons (Fsp3) is 0.667. The van der Waals surface area contributed by atoms with E-state index in [2.05, 4.69) is 63.0 Å². The zero-order valence-corrected chi connectivity index (χ0v) is 14.4. The van der Waals surface area contributed by atoms with Gasteiger partial charge < -0.3 is 10.1 Å². The first-order chi connectivity index (χ1) is 10.1. The quantitative estimate of drug-likeness (QED) is 0.712. The second-order valence-electron chi connectivity index (χ2n) is 5.88. The molecule has 1 aromatic rings. The van der Waals surface area contributed by atoms with Crippen LogP contribution in [0.2, 0.25) is 0 Å². The molecular formula is C18H32N2O. The van der Waals surface area contributed by atoms with Crippen LogP contribution in [0.15, 0.2) is 24.3 Å². The second kappa shape index (κ2) is 9.80. The molecule has 0 aliphatic rings. The largest absolute Gasteiger partial charge is 0.492 e. The first kappa shape index (κ1) is 18.0. The zero-order chi connectivity index (χ0) is 15.7. The van der Waals surface area contributed by atoms with E-state index in [4.69, 9.17) is 4.74 Å². The zero-order valence-electron chi connectivity index (χ0n) is 14.4. The van der Waals surface area contributed by atoms with Crippen molar-refractivity contribution in [2.45, 2.75) is 59.7 Å². The highest BCUT2D eigenvalue weighted by atomic mass is 16.5. The number of ether oxygens (including phenoxy) is 1. The minimum atomic E-state index is 0.485. The van der Waals surface area contributed by atoms with Gasteiger partial charge in [-0.2, -0.15) is 0 Å². The summed E-state index contributed by atoms with van der Waals surface area (Å²) in [7, 11) is 0. The van der Waals surface area contributed by atoms with E-state index in [-0.39, 0.29) is 0 Å². The molecule has 0 aromatic heterocycles. The maximum absolute atomic E-state index is 6.01. The van der Waals surface area contributed by atoms with Gasteiger partial charge in [-0.25, -0.2) is 0 Å². The first-order valence-electron chi connectivity index (χ1n) is 8.26. The smallest absolute Gasteiger partial charge is 0.123 e. The Morgan fingerprint density at radius 3 is 2.48 bits per heavy atom. The van der Waals surface area contributed by atoms with Crippen LogP contribution in [0, 0.1) is 0 Å². The van der Waals surface area contributed by atoms with E-state index in [1.807, 2.05) is 6.07 Å². The molecule has 1 N–H and O–H groups in total. The third-order valence-corrected chi connectivity index (χ3v) is 3.93. The molecule has 0 fully saturated rings. The van der Waals surface area contributed by atoms with Crippen LogP contribution in [0.5, 0.6) is 5.75 Å². The Morgan fingerprint density at radius 2 is 1.86 bits per heavy atom. The molecule has 0 heterocycles. The summed E-state index contributed by atoms with van der Waals surface area (Å²) < 4.78 is 6.01. The summed E-state index contributed by atoms with van der Waals surface area (Å²) in [5.74, 6) is 1.01. The molecule has 0 amide bonds. The molecule has 0 bridgehead atoms. The molecule has 0 aliphatic carbocycles. The normalized spacial score (nSPS) is 12.9. The summed E-state index contributed by atoms with van der Waals surface area (Å²) in [6.45, 7) is 14.7. The lowest BCUT2D eigenvalue weighted by atomic mass is 10.2. The molecule has 0 saturated heterocycles. The summed E-state index contributed by atoms with van der Waals surface area (Å²) >= 11 is 0. The minimum absolute atomic E-state index is 0.485. The molecule has 1 aromatic carbocycles. The fourth-order valence-electron chi connectivity index (χ4n) is 2.33. The molecule has 1 atom stereocenters. The maximum atomic E-state index is 6.01. The lowest BCUT2D eigenvalue weighted by Gasteiger charge is -2.27. The molecule has 0 aliphatic heterocycles. The Morgan fingerprint density at radius 1 is 1.14 bits per heavy atom. The van der Waals surface area contributed by atoms with Gasteiger partial charge in [-0.15, -0.1) is 0 Å². The summed E-state index contributed by atoms with van der Waals surface area (Å²) in [6.07, 6.45) is 1.18. The van der Waals surface area contributed by atoms with Crippen molar-refractivity contribution in [2.24, 2.45) is 0 Å². The SMILES string of the molecule is CCC(C)N(CC)CCOc1ccccc1CNC(C)C. The van der Waals surface area contributed by atoms with Crippen molar-refractivity contribution in [3.63, 3.8) is 0 Å². The molecular weight excluding hydrogens is 260 g/mol. The summed E-state index contributed by atoms with van der Waals surface area (Å²) in [6, 6.07) is 9.42. The van der Waals surface area contributed by atoms with Gasteiger partial charge in [0.1, 0.15) is 12.4 Å². The Kier molecular flexibility index (Phi) is 8.40. The van der Waals surface area contributed by atoms with Crippen LogP contribution in [-0.2, 0) is 6.54 Å². The lowest BCUT2D eigenvalue weighted by molar-refractivity contribution is 0.171. The van der Waals surface area contributed by atoms with E-state index in [0.717, 1.165) is 32.0 Å². The van der Waals surface area contributed by atoms with Crippen LogP contribution >= 0.6 is 0 Å². The van der Waals surface area contributed by atoms with Gasteiger partial charge in [-0.1, -0.05) is 45.9 Å². The average molecular weight is 292 g/mol. The Balaban J connectivity index is 2.51. The third-order valence-electron chi connectivity index (χ3n) is 3.93. The number of likely N-dealkylation sites (N-methyl/N-ethyl adjacent to an activating group) is 1. The van der Waals surface area contributed by atoms with Gasteiger partial charge in [0, 0.05) is 30.7 Å². The number of hydrogen-bond donors (Lipinski definition) is 1. The van der Waals surface area contributed by atoms with E-state index >= 15 is 0 Å². The van der Waals surface area contributed by atoms with E-state index in [9.17, 15) is 0 Å². The first-order valence-corrected chi connectivity index (χ1v) is 8.26. The van der Waals surface area contributed by atoms with Crippen molar-refractivity contribution in [3.8, 4) is 5.75 Å². The van der Waals surface area contributed by atoms with Crippen molar-refractivity contribution in [3.05, 3.63) is 29.8 Å². The van der Waals surface area contributed by atoms with E-state index in [0.29, 0.717) is 12.1 Å². The van der Waals surface area contributed by atoms with Gasteiger partial charge in [-0.3, -0.25) is 4.90 Å². The highest BCUT2D eigenvalue weighted by Gasteiger charge is 2.10. The highest BCUT2D eigenvalue weighted by Crippen LogP contribution is 2.18. The lowest BCUT2D eigenvalue weighted by Crippen LogP contribution is -2.35. The molecule has 3 heteroatoms. The number of benzene rings is 1. The van der Waals surface area contributed by atoms with Gasteiger partial charge >= 0.3 is 0 Å². The molecule has 21 heavy (non-hydrogen) atoms. The Hall–Kier alpha value is -1.06. The van der Waals surface area contributed by atoms with Crippen LogP contribution < -0.4 is 10.1 Å². The van der Waals surface area contributed by atoms with Gasteiger partial charge in [0.05, 0.1) is 0 Å². The van der Waals surface area contributed by atoms with Crippen molar-refractivity contribution in [2.75, 3.05) is 19.7 Å². The van der Waals surface area contributed by atoms with Crippen molar-refractivity contribution in [1.82, 2.24) is 10.2 Å². The van der Waals surface area contributed by atoms with Crippen LogP contribution in [0.1, 0.15) is 46.6 Å². The molecule has 0 spiro atoms. The average Bonchev–Trinajstić information content (AvgIpc) is 2.49. The van der Waals surface area contributed by atoms with Gasteiger partial charge in [-0.05, 0) is 26.0 Å². The molecule has 3 nitrogen and oxygen atoms in total. The number of hydrogen-bond acceptors (Lipinski definition) is 3. The highest BCUT2D eigenvalue weighted by molar-refractivity contribution is 5.33. The van der Waals surface area contributed by atoms with Gasteiger partial charge in [0.15, 0.2) is 0 Å². The van der Waals surface area contributed by atoms with Crippen LogP contribution in [0.25, 0.3) is 0 Å². The second-order valence-corrected chi connectivity index (χ2v) is 5.88. The molecule has 1 unspecified atom stereocenters. The van der Waals surface area contributed by atoms with Crippen LogP contribution in [0.4, 0.5) is 0 Å². The Bertz CT molecular complexity index is 393. The van der Waals surface area contributed by atoms with E-state index in [1.54, 1.807) is 0 Å². The molecule has 120 valence electrons. The molecule has 1 rings (SSSR count).